The standard InChI is InChI=1S/C15H17FN2O4/c1-8(3-6-13(19)20)17-15(21)11-7-9-12(22-2)5-4-10(16)14(9)18-11/h4-5,7-8,18H,3,6H2,1-2H3,(H,17,21)(H,19,20). The fraction of sp³-hybridized carbons (Fsp3) is 0.333. The maximum Gasteiger partial charge on any atom is 0.303 e. The number of rotatable bonds is 6. The molecule has 0 fully saturated rings. The lowest BCUT2D eigenvalue weighted by atomic mass is 10.2. The van der Waals surface area contributed by atoms with E-state index in [1.54, 1.807) is 6.92 Å². The zero-order valence-electron chi connectivity index (χ0n) is 12.3. The van der Waals surface area contributed by atoms with E-state index >= 15 is 0 Å². The number of carboxylic acids is 1. The van der Waals surface area contributed by atoms with E-state index in [4.69, 9.17) is 9.84 Å². The maximum absolute atomic E-state index is 13.8. The van der Waals surface area contributed by atoms with Crippen LogP contribution in [-0.2, 0) is 4.79 Å². The van der Waals surface area contributed by atoms with E-state index in [-0.39, 0.29) is 23.7 Å². The molecule has 2 rings (SSSR count). The van der Waals surface area contributed by atoms with Crippen LogP contribution < -0.4 is 10.1 Å². The molecule has 0 saturated carbocycles. The number of hydrogen-bond acceptors (Lipinski definition) is 3. The van der Waals surface area contributed by atoms with Gasteiger partial charge in [-0.3, -0.25) is 9.59 Å². The monoisotopic (exact) mass is 308 g/mol. The summed E-state index contributed by atoms with van der Waals surface area (Å²) in [6, 6.07) is 3.95. The Hall–Kier alpha value is -2.57. The third-order valence-electron chi connectivity index (χ3n) is 3.34. The minimum atomic E-state index is -0.918. The van der Waals surface area contributed by atoms with Gasteiger partial charge in [-0.15, -0.1) is 0 Å². The van der Waals surface area contributed by atoms with Crippen LogP contribution in [0.3, 0.4) is 0 Å². The lowest BCUT2D eigenvalue weighted by Gasteiger charge is -2.11. The highest BCUT2D eigenvalue weighted by atomic mass is 19.1. The van der Waals surface area contributed by atoms with Gasteiger partial charge >= 0.3 is 5.97 Å². The number of nitrogens with one attached hydrogen (secondary N) is 2. The fourth-order valence-corrected chi connectivity index (χ4v) is 2.17. The molecule has 1 atom stereocenters. The van der Waals surface area contributed by atoms with Gasteiger partial charge in [-0.25, -0.2) is 4.39 Å². The fourth-order valence-electron chi connectivity index (χ4n) is 2.17. The van der Waals surface area contributed by atoms with Crippen LogP contribution in [0, 0.1) is 5.82 Å². The van der Waals surface area contributed by atoms with Crippen LogP contribution in [0.15, 0.2) is 18.2 Å². The Morgan fingerprint density at radius 3 is 2.82 bits per heavy atom. The molecule has 0 aliphatic carbocycles. The van der Waals surface area contributed by atoms with E-state index < -0.39 is 17.7 Å². The third kappa shape index (κ3) is 3.36. The first-order valence-corrected chi connectivity index (χ1v) is 6.80. The number of carbonyl (C=O) groups is 2. The number of carboxylic acid groups (broad SMARTS) is 1. The van der Waals surface area contributed by atoms with Gasteiger partial charge in [0.05, 0.1) is 12.6 Å². The van der Waals surface area contributed by atoms with Crippen molar-refractivity contribution in [3.8, 4) is 5.75 Å². The lowest BCUT2D eigenvalue weighted by molar-refractivity contribution is -0.137. The topological polar surface area (TPSA) is 91.4 Å². The number of ether oxygens (including phenoxy) is 1. The highest BCUT2D eigenvalue weighted by Crippen LogP contribution is 2.28. The Labute approximate surface area is 126 Å². The molecule has 1 unspecified atom stereocenters. The van der Waals surface area contributed by atoms with Gasteiger partial charge in [0.25, 0.3) is 5.91 Å². The first kappa shape index (κ1) is 15.8. The molecular formula is C15H17FN2O4. The summed E-state index contributed by atoms with van der Waals surface area (Å²) in [5, 5.41) is 11.8. The molecule has 1 aromatic heterocycles. The molecule has 1 aromatic carbocycles. The van der Waals surface area contributed by atoms with Crippen molar-refractivity contribution in [2.75, 3.05) is 7.11 Å². The van der Waals surface area contributed by atoms with Gasteiger partial charge in [0.15, 0.2) is 0 Å². The number of halogens is 1. The summed E-state index contributed by atoms with van der Waals surface area (Å²) in [4.78, 5) is 25.4. The van der Waals surface area contributed by atoms with Crippen molar-refractivity contribution in [2.24, 2.45) is 0 Å². The normalized spacial score (nSPS) is 12.1. The van der Waals surface area contributed by atoms with Crippen LogP contribution in [0.25, 0.3) is 10.9 Å². The molecule has 2 aromatic rings. The van der Waals surface area contributed by atoms with Crippen LogP contribution in [0.2, 0.25) is 0 Å². The number of carbonyl (C=O) groups excluding carboxylic acids is 1. The Kier molecular flexibility index (Phi) is 4.65. The van der Waals surface area contributed by atoms with Crippen molar-refractivity contribution in [3.05, 3.63) is 29.7 Å². The van der Waals surface area contributed by atoms with Gasteiger partial charge < -0.3 is 20.1 Å². The number of aromatic nitrogens is 1. The summed E-state index contributed by atoms with van der Waals surface area (Å²) in [7, 11) is 1.47. The molecule has 0 bridgehead atoms. The zero-order chi connectivity index (χ0) is 16.3. The summed E-state index contributed by atoms with van der Waals surface area (Å²) < 4.78 is 18.9. The second-order valence-electron chi connectivity index (χ2n) is 5.03. The van der Waals surface area contributed by atoms with E-state index in [1.165, 1.54) is 25.3 Å². The number of amides is 1. The number of methoxy groups -OCH3 is 1. The quantitative estimate of drug-likeness (QED) is 0.763. The average Bonchev–Trinajstić information content (AvgIpc) is 2.92. The van der Waals surface area contributed by atoms with Crippen LogP contribution in [0.4, 0.5) is 4.39 Å². The molecule has 3 N–H and O–H groups in total. The van der Waals surface area contributed by atoms with Gasteiger partial charge in [-0.1, -0.05) is 0 Å². The summed E-state index contributed by atoms with van der Waals surface area (Å²) in [6.45, 7) is 1.71. The first-order valence-electron chi connectivity index (χ1n) is 6.80. The van der Waals surface area contributed by atoms with E-state index in [0.29, 0.717) is 17.6 Å². The number of aromatic amines is 1. The third-order valence-corrected chi connectivity index (χ3v) is 3.34. The smallest absolute Gasteiger partial charge is 0.303 e. The molecule has 0 saturated heterocycles. The molecule has 1 amide bonds. The minimum absolute atomic E-state index is 0.0312. The highest BCUT2D eigenvalue weighted by molar-refractivity contribution is 6.00. The molecule has 0 spiro atoms. The van der Waals surface area contributed by atoms with Gasteiger partial charge in [0, 0.05) is 17.8 Å². The summed E-state index contributed by atoms with van der Waals surface area (Å²) in [5.74, 6) is -1.35. The zero-order valence-corrected chi connectivity index (χ0v) is 12.3. The minimum Gasteiger partial charge on any atom is -0.496 e. The molecule has 0 aliphatic heterocycles. The number of H-pyrrole nitrogens is 1. The van der Waals surface area contributed by atoms with E-state index in [2.05, 4.69) is 10.3 Å². The average molecular weight is 308 g/mol. The van der Waals surface area contributed by atoms with Crippen LogP contribution in [0.5, 0.6) is 5.75 Å². The summed E-state index contributed by atoms with van der Waals surface area (Å²) in [6.07, 6.45) is 0.287. The van der Waals surface area contributed by atoms with Crippen molar-refractivity contribution in [3.63, 3.8) is 0 Å². The number of benzene rings is 1. The molecule has 6 nitrogen and oxygen atoms in total. The summed E-state index contributed by atoms with van der Waals surface area (Å²) in [5.41, 5.74) is 0.392. The van der Waals surface area contributed by atoms with Crippen LogP contribution >= 0.6 is 0 Å². The Morgan fingerprint density at radius 2 is 2.18 bits per heavy atom. The number of fused-ring (bicyclic) bond motifs is 1. The molecule has 118 valence electrons. The van der Waals surface area contributed by atoms with Crippen molar-refractivity contribution in [1.82, 2.24) is 10.3 Å². The SMILES string of the molecule is COc1ccc(F)c2[nH]c(C(=O)NC(C)CCC(=O)O)cc12. The Bertz CT molecular complexity index is 711. The van der Waals surface area contributed by atoms with Crippen LogP contribution in [-0.4, -0.2) is 35.1 Å². The van der Waals surface area contributed by atoms with Gasteiger partial charge in [-0.2, -0.15) is 0 Å². The molecule has 22 heavy (non-hydrogen) atoms. The van der Waals surface area contributed by atoms with E-state index in [9.17, 15) is 14.0 Å². The first-order chi connectivity index (χ1) is 10.4. The largest absolute Gasteiger partial charge is 0.496 e. The predicted octanol–water partition coefficient (Wildman–Crippen LogP) is 2.30. The molecular weight excluding hydrogens is 291 g/mol. The second kappa shape index (κ2) is 6.46. The van der Waals surface area contributed by atoms with E-state index in [0.717, 1.165) is 0 Å². The Balaban J connectivity index is 2.18. The Morgan fingerprint density at radius 1 is 1.45 bits per heavy atom. The molecule has 1 heterocycles. The molecule has 0 radical (unpaired) electrons. The van der Waals surface area contributed by atoms with Gasteiger partial charge in [-0.05, 0) is 31.5 Å². The molecule has 7 heteroatoms. The van der Waals surface area contributed by atoms with Crippen molar-refractivity contribution >= 4 is 22.8 Å². The van der Waals surface area contributed by atoms with Crippen LogP contribution in [0.1, 0.15) is 30.3 Å². The van der Waals surface area contributed by atoms with E-state index in [1.807, 2.05) is 0 Å². The maximum atomic E-state index is 13.8. The van der Waals surface area contributed by atoms with Gasteiger partial charge in [0.1, 0.15) is 17.3 Å². The van der Waals surface area contributed by atoms with Crippen molar-refractivity contribution in [2.45, 2.75) is 25.8 Å². The summed E-state index contributed by atoms with van der Waals surface area (Å²) >= 11 is 0. The number of aliphatic carboxylic acids is 1. The highest BCUT2D eigenvalue weighted by Gasteiger charge is 2.16. The van der Waals surface area contributed by atoms with Crippen molar-refractivity contribution in [1.29, 1.82) is 0 Å². The lowest BCUT2D eigenvalue weighted by Crippen LogP contribution is -2.33. The van der Waals surface area contributed by atoms with Crippen molar-refractivity contribution < 1.29 is 23.8 Å². The predicted molar refractivity (Wildman–Crippen MR) is 78.6 cm³/mol. The number of hydrogen-bond donors (Lipinski definition) is 3. The second-order valence-corrected chi connectivity index (χ2v) is 5.03. The molecule has 0 aliphatic rings. The van der Waals surface area contributed by atoms with Gasteiger partial charge in [0.2, 0.25) is 0 Å².